The molecule has 1 aromatic carbocycles. The van der Waals surface area contributed by atoms with Crippen LogP contribution in [0.1, 0.15) is 34.1 Å². The quantitative estimate of drug-likeness (QED) is 0.753. The minimum absolute atomic E-state index is 0.263. The summed E-state index contributed by atoms with van der Waals surface area (Å²) in [4.78, 5) is 16.0. The second-order valence-corrected chi connectivity index (χ2v) is 6.84. The lowest BCUT2D eigenvalue weighted by Gasteiger charge is -2.30. The van der Waals surface area contributed by atoms with E-state index in [1.54, 1.807) is 6.20 Å². The summed E-state index contributed by atoms with van der Waals surface area (Å²) in [6, 6.07) is 7.44. The van der Waals surface area contributed by atoms with Crippen molar-refractivity contribution in [1.82, 2.24) is 9.55 Å². The van der Waals surface area contributed by atoms with Crippen LogP contribution in [-0.4, -0.2) is 35.0 Å². The Bertz CT molecular complexity index is 645. The summed E-state index contributed by atoms with van der Waals surface area (Å²) < 4.78 is 18.3. The number of benzene rings is 1. The van der Waals surface area contributed by atoms with Crippen molar-refractivity contribution in [3.63, 3.8) is 0 Å². The number of hydrogen-bond acceptors (Lipinski definition) is 5. The first-order valence-corrected chi connectivity index (χ1v) is 8.44. The molecular weight excluding hydrogens is 320 g/mol. The topological polar surface area (TPSA) is 62.6 Å². The average molecular weight is 346 g/mol. The Morgan fingerprint density at radius 2 is 1.80 bits per heavy atom. The van der Waals surface area contributed by atoms with Crippen LogP contribution in [0.4, 0.5) is 4.79 Å². The summed E-state index contributed by atoms with van der Waals surface area (Å²) in [7, 11) is 0. The molecule has 1 aromatic heterocycles. The first kappa shape index (κ1) is 18.8. The number of carbonyl (C=O) groups is 1. The second-order valence-electron chi connectivity index (χ2n) is 6.84. The molecule has 1 heterocycles. The zero-order valence-corrected chi connectivity index (χ0v) is 15.3. The van der Waals surface area contributed by atoms with Crippen LogP contribution in [0.25, 0.3) is 0 Å². The van der Waals surface area contributed by atoms with E-state index in [1.807, 2.05) is 45.0 Å². The maximum absolute atomic E-state index is 12.1. The predicted octanol–water partition coefficient (Wildman–Crippen LogP) is 4.15. The zero-order chi connectivity index (χ0) is 18.3. The maximum atomic E-state index is 12.1. The van der Waals surface area contributed by atoms with Gasteiger partial charge in [0.05, 0.1) is 6.61 Å². The second kappa shape index (κ2) is 8.55. The van der Waals surface area contributed by atoms with Gasteiger partial charge in [0.25, 0.3) is 0 Å². The van der Waals surface area contributed by atoms with E-state index < -0.39 is 12.2 Å². The van der Waals surface area contributed by atoms with E-state index in [0.29, 0.717) is 12.4 Å². The smallest absolute Gasteiger partial charge is 0.419 e. The molecule has 1 atom stereocenters. The Balaban J connectivity index is 1.94. The standard InChI is InChI=1S/C19H26N2O4/c1-5-12-23-15-6-8-16(9-7-15)24-13-17(19(2,3)4)25-18(22)21-11-10-20-14-21/h6-11,14,17H,5,12-13H2,1-4H3. The molecule has 0 aliphatic carbocycles. The Kier molecular flexibility index (Phi) is 6.44. The van der Waals surface area contributed by atoms with Gasteiger partial charge in [0.15, 0.2) is 0 Å². The van der Waals surface area contributed by atoms with Gasteiger partial charge in [-0.15, -0.1) is 0 Å². The predicted molar refractivity (Wildman–Crippen MR) is 95.1 cm³/mol. The van der Waals surface area contributed by atoms with Crippen molar-refractivity contribution in [2.75, 3.05) is 13.2 Å². The number of imidazole rings is 1. The molecule has 25 heavy (non-hydrogen) atoms. The molecule has 0 saturated heterocycles. The van der Waals surface area contributed by atoms with Crippen LogP contribution >= 0.6 is 0 Å². The van der Waals surface area contributed by atoms with E-state index >= 15 is 0 Å². The van der Waals surface area contributed by atoms with Gasteiger partial charge in [-0.1, -0.05) is 27.7 Å². The van der Waals surface area contributed by atoms with E-state index in [9.17, 15) is 4.79 Å². The molecule has 1 unspecified atom stereocenters. The van der Waals surface area contributed by atoms with Crippen molar-refractivity contribution < 1.29 is 19.0 Å². The monoisotopic (exact) mass is 346 g/mol. The lowest BCUT2D eigenvalue weighted by Crippen LogP contribution is -2.37. The SMILES string of the molecule is CCCOc1ccc(OCC(OC(=O)n2ccnc2)C(C)(C)C)cc1. The fraction of sp³-hybridized carbons (Fsp3) is 0.474. The minimum Gasteiger partial charge on any atom is -0.494 e. The third kappa shape index (κ3) is 5.81. The Labute approximate surface area is 148 Å². The lowest BCUT2D eigenvalue weighted by molar-refractivity contribution is 0.00209. The van der Waals surface area contributed by atoms with Gasteiger partial charge in [0, 0.05) is 17.8 Å². The summed E-state index contributed by atoms with van der Waals surface area (Å²) in [5, 5.41) is 0. The van der Waals surface area contributed by atoms with Gasteiger partial charge in [0.2, 0.25) is 0 Å². The highest BCUT2D eigenvalue weighted by atomic mass is 16.6. The third-order valence-electron chi connectivity index (χ3n) is 3.62. The molecule has 0 spiro atoms. The maximum Gasteiger partial charge on any atom is 0.419 e. The van der Waals surface area contributed by atoms with Gasteiger partial charge in [-0.3, -0.25) is 0 Å². The first-order chi connectivity index (χ1) is 11.9. The highest BCUT2D eigenvalue weighted by molar-refractivity contribution is 5.70. The van der Waals surface area contributed by atoms with Crippen LogP contribution in [0.5, 0.6) is 11.5 Å². The van der Waals surface area contributed by atoms with E-state index in [0.717, 1.165) is 12.2 Å². The van der Waals surface area contributed by atoms with Crippen LogP contribution < -0.4 is 9.47 Å². The van der Waals surface area contributed by atoms with Crippen molar-refractivity contribution in [2.24, 2.45) is 5.41 Å². The summed E-state index contributed by atoms with van der Waals surface area (Å²) >= 11 is 0. The van der Waals surface area contributed by atoms with Crippen molar-refractivity contribution in [3.8, 4) is 11.5 Å². The summed E-state index contributed by atoms with van der Waals surface area (Å²) in [6.07, 6.45) is 4.60. The van der Waals surface area contributed by atoms with Crippen LogP contribution in [0.3, 0.4) is 0 Å². The van der Waals surface area contributed by atoms with Crippen molar-refractivity contribution in [1.29, 1.82) is 0 Å². The van der Waals surface area contributed by atoms with E-state index in [4.69, 9.17) is 14.2 Å². The van der Waals surface area contributed by atoms with Crippen molar-refractivity contribution >= 4 is 6.09 Å². The average Bonchev–Trinajstić information content (AvgIpc) is 3.11. The number of rotatable bonds is 7. The van der Waals surface area contributed by atoms with Gasteiger partial charge in [-0.2, -0.15) is 0 Å². The van der Waals surface area contributed by atoms with Crippen LogP contribution in [0.2, 0.25) is 0 Å². The van der Waals surface area contributed by atoms with E-state index in [2.05, 4.69) is 11.9 Å². The Morgan fingerprint density at radius 3 is 2.32 bits per heavy atom. The van der Waals surface area contributed by atoms with Crippen molar-refractivity contribution in [2.45, 2.75) is 40.2 Å². The Morgan fingerprint density at radius 1 is 1.16 bits per heavy atom. The van der Waals surface area contributed by atoms with Gasteiger partial charge in [-0.05, 0) is 30.7 Å². The lowest BCUT2D eigenvalue weighted by atomic mass is 9.89. The molecule has 0 fully saturated rings. The molecule has 6 heteroatoms. The number of nitrogens with zero attached hydrogens (tertiary/aromatic N) is 2. The van der Waals surface area contributed by atoms with Gasteiger partial charge >= 0.3 is 6.09 Å². The molecule has 0 aliphatic rings. The molecule has 2 rings (SSSR count). The highest BCUT2D eigenvalue weighted by Gasteiger charge is 2.29. The molecule has 0 radical (unpaired) electrons. The molecule has 2 aromatic rings. The van der Waals surface area contributed by atoms with Crippen LogP contribution in [0.15, 0.2) is 43.0 Å². The minimum atomic E-state index is -0.468. The van der Waals surface area contributed by atoms with Crippen LogP contribution in [0, 0.1) is 5.41 Å². The number of carbonyl (C=O) groups excluding carboxylic acids is 1. The van der Waals surface area contributed by atoms with Crippen molar-refractivity contribution in [3.05, 3.63) is 43.0 Å². The van der Waals surface area contributed by atoms with Gasteiger partial charge in [0.1, 0.15) is 30.5 Å². The molecule has 0 amide bonds. The van der Waals surface area contributed by atoms with Gasteiger partial charge < -0.3 is 14.2 Å². The van der Waals surface area contributed by atoms with Crippen LogP contribution in [-0.2, 0) is 4.74 Å². The molecule has 136 valence electrons. The number of ether oxygens (including phenoxy) is 3. The molecule has 0 aliphatic heterocycles. The normalized spacial score (nSPS) is 12.5. The van der Waals surface area contributed by atoms with E-state index in [-0.39, 0.29) is 12.0 Å². The number of aromatic nitrogens is 2. The molecule has 0 N–H and O–H groups in total. The highest BCUT2D eigenvalue weighted by Crippen LogP contribution is 2.25. The summed E-state index contributed by atoms with van der Waals surface area (Å²) in [6.45, 7) is 9.03. The molecule has 6 nitrogen and oxygen atoms in total. The molecular formula is C19H26N2O4. The number of hydrogen-bond donors (Lipinski definition) is 0. The van der Waals surface area contributed by atoms with Gasteiger partial charge in [-0.25, -0.2) is 14.3 Å². The summed E-state index contributed by atoms with van der Waals surface area (Å²) in [5.41, 5.74) is -0.263. The third-order valence-corrected chi connectivity index (χ3v) is 3.62. The Hall–Kier alpha value is -2.50. The first-order valence-electron chi connectivity index (χ1n) is 8.44. The summed E-state index contributed by atoms with van der Waals surface area (Å²) in [5.74, 6) is 1.52. The zero-order valence-electron chi connectivity index (χ0n) is 15.3. The molecule has 0 saturated carbocycles. The fourth-order valence-corrected chi connectivity index (χ4v) is 2.03. The van der Waals surface area contributed by atoms with E-state index in [1.165, 1.54) is 17.1 Å². The fourth-order valence-electron chi connectivity index (χ4n) is 2.03. The molecule has 0 bridgehead atoms. The largest absolute Gasteiger partial charge is 0.494 e.